The highest BCUT2D eigenvalue weighted by Crippen LogP contribution is 2.22. The van der Waals surface area contributed by atoms with Crippen molar-refractivity contribution in [1.82, 2.24) is 9.55 Å². The van der Waals surface area contributed by atoms with Gasteiger partial charge in [-0.25, -0.2) is 0 Å². The van der Waals surface area contributed by atoms with Crippen molar-refractivity contribution in [2.45, 2.75) is 20.8 Å². The van der Waals surface area contributed by atoms with Crippen LogP contribution in [-0.2, 0) is 0 Å². The van der Waals surface area contributed by atoms with Gasteiger partial charge >= 0.3 is 0 Å². The van der Waals surface area contributed by atoms with Crippen LogP contribution in [0.5, 0.6) is 0 Å². The lowest BCUT2D eigenvalue weighted by molar-refractivity contribution is 1.06. The molecule has 0 amide bonds. The summed E-state index contributed by atoms with van der Waals surface area (Å²) in [7, 11) is 0. The second-order valence-corrected chi connectivity index (χ2v) is 5.44. The molecule has 0 aliphatic heterocycles. The highest BCUT2D eigenvalue weighted by molar-refractivity contribution is 7.71. The molecule has 3 heteroatoms. The Morgan fingerprint density at radius 2 is 1.74 bits per heavy atom. The highest BCUT2D eigenvalue weighted by Gasteiger charge is 2.07. The van der Waals surface area contributed by atoms with E-state index in [4.69, 9.17) is 12.2 Å². The zero-order chi connectivity index (χ0) is 13.6. The van der Waals surface area contributed by atoms with Crippen LogP contribution in [0.15, 0.2) is 36.4 Å². The third kappa shape index (κ3) is 2.00. The number of aryl methyl sites for hydroxylation is 3. The largest absolute Gasteiger partial charge is 0.330 e. The van der Waals surface area contributed by atoms with Gasteiger partial charge in [-0.15, -0.1) is 0 Å². The molecule has 3 rings (SSSR count). The molecule has 0 unspecified atom stereocenters. The fraction of sp³-hybridized carbons (Fsp3) is 0.188. The molecule has 0 saturated carbocycles. The number of imidazole rings is 1. The number of benzene rings is 2. The number of nitrogens with zero attached hydrogens (tertiary/aromatic N) is 1. The van der Waals surface area contributed by atoms with E-state index >= 15 is 0 Å². The first-order valence-corrected chi connectivity index (χ1v) is 6.76. The van der Waals surface area contributed by atoms with Gasteiger partial charge in [-0.1, -0.05) is 12.1 Å². The minimum atomic E-state index is 0.740. The Morgan fingerprint density at radius 1 is 0.947 bits per heavy atom. The first-order chi connectivity index (χ1) is 9.06. The zero-order valence-corrected chi connectivity index (χ0v) is 12.1. The van der Waals surface area contributed by atoms with Crippen LogP contribution >= 0.6 is 12.2 Å². The molecule has 0 bridgehead atoms. The summed E-state index contributed by atoms with van der Waals surface area (Å²) in [6.45, 7) is 6.34. The normalized spacial score (nSPS) is 11.1. The van der Waals surface area contributed by atoms with Crippen LogP contribution in [0, 0.1) is 25.5 Å². The summed E-state index contributed by atoms with van der Waals surface area (Å²) in [5.74, 6) is 0. The van der Waals surface area contributed by atoms with Gasteiger partial charge in [-0.2, -0.15) is 0 Å². The first-order valence-electron chi connectivity index (χ1n) is 6.35. The Hall–Kier alpha value is -1.87. The lowest BCUT2D eigenvalue weighted by atomic mass is 10.1. The van der Waals surface area contributed by atoms with Gasteiger partial charge in [0.25, 0.3) is 0 Å². The number of aromatic nitrogens is 2. The van der Waals surface area contributed by atoms with E-state index < -0.39 is 0 Å². The van der Waals surface area contributed by atoms with Gasteiger partial charge < -0.3 is 4.98 Å². The Bertz CT molecular complexity index is 824. The fourth-order valence-electron chi connectivity index (χ4n) is 2.35. The highest BCUT2D eigenvalue weighted by atomic mass is 32.1. The third-order valence-corrected chi connectivity index (χ3v) is 3.87. The summed E-state index contributed by atoms with van der Waals surface area (Å²) < 4.78 is 2.83. The van der Waals surface area contributed by atoms with E-state index in [1.54, 1.807) is 0 Å². The lowest BCUT2D eigenvalue weighted by Gasteiger charge is -2.07. The molecule has 1 N–H and O–H groups in total. The second-order valence-electron chi connectivity index (χ2n) is 5.05. The van der Waals surface area contributed by atoms with Crippen LogP contribution in [0.4, 0.5) is 0 Å². The predicted molar refractivity (Wildman–Crippen MR) is 82.7 cm³/mol. The van der Waals surface area contributed by atoms with E-state index in [2.05, 4.69) is 66.7 Å². The SMILES string of the molecule is Cc1ccc2c(c1)[nH]c(=S)n2-c1ccc(C)c(C)c1. The molecule has 0 aliphatic carbocycles. The number of nitrogens with one attached hydrogen (secondary N) is 1. The molecule has 2 aromatic carbocycles. The standard InChI is InChI=1S/C16H16N2S/c1-10-4-7-15-14(8-10)17-16(19)18(15)13-6-5-11(2)12(3)9-13/h4-9H,1-3H3,(H,17,19). The van der Waals surface area contributed by atoms with Gasteiger partial charge in [0.15, 0.2) is 4.77 Å². The summed E-state index contributed by atoms with van der Waals surface area (Å²) in [5, 5.41) is 0. The molecule has 96 valence electrons. The van der Waals surface area contributed by atoms with E-state index in [9.17, 15) is 0 Å². The summed E-state index contributed by atoms with van der Waals surface area (Å²) in [5.41, 5.74) is 7.13. The molecular formula is C16H16N2S. The molecular weight excluding hydrogens is 252 g/mol. The Kier molecular flexibility index (Phi) is 2.79. The molecule has 1 aromatic heterocycles. The van der Waals surface area contributed by atoms with E-state index in [1.165, 1.54) is 16.7 Å². The van der Waals surface area contributed by atoms with Gasteiger partial charge in [0.2, 0.25) is 0 Å². The molecule has 0 spiro atoms. The smallest absolute Gasteiger partial charge is 0.182 e. The number of H-pyrrole nitrogens is 1. The van der Waals surface area contributed by atoms with Gasteiger partial charge in [0.1, 0.15) is 0 Å². The van der Waals surface area contributed by atoms with Crippen molar-refractivity contribution >= 4 is 23.3 Å². The predicted octanol–water partition coefficient (Wildman–Crippen LogP) is 4.61. The number of rotatable bonds is 1. The van der Waals surface area contributed by atoms with Gasteiger partial charge in [-0.3, -0.25) is 4.57 Å². The molecule has 0 saturated heterocycles. The minimum absolute atomic E-state index is 0.740. The van der Waals surface area contributed by atoms with Crippen molar-refractivity contribution < 1.29 is 0 Å². The topological polar surface area (TPSA) is 20.7 Å². The molecule has 0 aliphatic rings. The van der Waals surface area contributed by atoms with Gasteiger partial charge in [0.05, 0.1) is 11.0 Å². The van der Waals surface area contributed by atoms with Crippen LogP contribution < -0.4 is 0 Å². The maximum Gasteiger partial charge on any atom is 0.182 e. The maximum atomic E-state index is 5.46. The minimum Gasteiger partial charge on any atom is -0.330 e. The van der Waals surface area contributed by atoms with Crippen LogP contribution in [0.25, 0.3) is 16.7 Å². The maximum absolute atomic E-state index is 5.46. The number of hydrogen-bond donors (Lipinski definition) is 1. The Balaban J connectivity index is 2.32. The van der Waals surface area contributed by atoms with E-state index in [-0.39, 0.29) is 0 Å². The zero-order valence-electron chi connectivity index (χ0n) is 11.3. The molecule has 1 heterocycles. The van der Waals surface area contributed by atoms with Crippen molar-refractivity contribution in [3.05, 3.63) is 57.9 Å². The molecule has 0 atom stereocenters. The van der Waals surface area contributed by atoms with Crippen molar-refractivity contribution in [3.8, 4) is 5.69 Å². The summed E-state index contributed by atoms with van der Waals surface area (Å²) in [6, 6.07) is 12.8. The van der Waals surface area contributed by atoms with Crippen molar-refractivity contribution in [2.24, 2.45) is 0 Å². The summed E-state index contributed by atoms with van der Waals surface area (Å²) >= 11 is 5.46. The third-order valence-electron chi connectivity index (χ3n) is 3.59. The van der Waals surface area contributed by atoms with E-state index in [0.717, 1.165) is 21.5 Å². The first kappa shape index (κ1) is 12.2. The number of aromatic amines is 1. The van der Waals surface area contributed by atoms with Gasteiger partial charge in [0, 0.05) is 5.69 Å². The van der Waals surface area contributed by atoms with Gasteiger partial charge in [-0.05, 0) is 73.9 Å². The molecule has 3 aromatic rings. The van der Waals surface area contributed by atoms with Crippen molar-refractivity contribution in [3.63, 3.8) is 0 Å². The molecule has 0 fully saturated rings. The fourth-order valence-corrected chi connectivity index (χ4v) is 2.66. The van der Waals surface area contributed by atoms with E-state index in [1.807, 2.05) is 0 Å². The van der Waals surface area contributed by atoms with Crippen molar-refractivity contribution in [2.75, 3.05) is 0 Å². The van der Waals surface area contributed by atoms with Crippen LogP contribution in [0.2, 0.25) is 0 Å². The monoisotopic (exact) mass is 268 g/mol. The summed E-state index contributed by atoms with van der Waals surface area (Å²) in [4.78, 5) is 3.28. The quantitative estimate of drug-likeness (QED) is 0.639. The molecule has 19 heavy (non-hydrogen) atoms. The van der Waals surface area contributed by atoms with Crippen LogP contribution in [0.1, 0.15) is 16.7 Å². The van der Waals surface area contributed by atoms with Crippen LogP contribution in [0.3, 0.4) is 0 Å². The number of fused-ring (bicyclic) bond motifs is 1. The van der Waals surface area contributed by atoms with Crippen LogP contribution in [-0.4, -0.2) is 9.55 Å². The summed E-state index contributed by atoms with van der Waals surface area (Å²) in [6.07, 6.45) is 0. The average Bonchev–Trinajstić information content (AvgIpc) is 2.68. The lowest BCUT2D eigenvalue weighted by Crippen LogP contribution is -1.95. The van der Waals surface area contributed by atoms with E-state index in [0.29, 0.717) is 0 Å². The molecule has 0 radical (unpaired) electrons. The molecule has 2 nitrogen and oxygen atoms in total. The Morgan fingerprint density at radius 3 is 2.47 bits per heavy atom. The second kappa shape index (κ2) is 4.35. The number of hydrogen-bond acceptors (Lipinski definition) is 1. The van der Waals surface area contributed by atoms with Crippen molar-refractivity contribution in [1.29, 1.82) is 0 Å². The average molecular weight is 268 g/mol. The Labute approximate surface area is 117 Å².